The predicted octanol–water partition coefficient (Wildman–Crippen LogP) is 2.80. The summed E-state index contributed by atoms with van der Waals surface area (Å²) in [5, 5.41) is 5.74. The van der Waals surface area contributed by atoms with Gasteiger partial charge in [0, 0.05) is 18.3 Å². The molecule has 2 aromatic rings. The molecular weight excluding hydrogens is 358 g/mol. The molecule has 1 aliphatic rings. The summed E-state index contributed by atoms with van der Waals surface area (Å²) in [6.45, 7) is 1.47. The van der Waals surface area contributed by atoms with Crippen LogP contribution in [0.1, 0.15) is 29.3 Å². The second-order valence-electron chi connectivity index (χ2n) is 5.82. The molecule has 1 atom stereocenters. The Balaban J connectivity index is 1.62. The van der Waals surface area contributed by atoms with Gasteiger partial charge in [-0.3, -0.25) is 9.59 Å². The van der Waals surface area contributed by atoms with Gasteiger partial charge in [0.2, 0.25) is 5.91 Å². The standard InChI is InChI=1S/C18H16ClN3O4/c1-10(17(24)22-15-6-4-13(19)9-20-15)26-18(25)12-2-5-14-11(8-12)3-7-16(23)21-14/h2,4-6,8-10H,3,7H2,1H3,(H,21,23)(H,20,22,24)/t10-/m0/s1. The number of hydrogen-bond acceptors (Lipinski definition) is 5. The smallest absolute Gasteiger partial charge is 0.338 e. The van der Waals surface area contributed by atoms with Gasteiger partial charge in [-0.05, 0) is 49.2 Å². The van der Waals surface area contributed by atoms with Crippen molar-refractivity contribution in [1.29, 1.82) is 0 Å². The normalized spacial score (nSPS) is 14.0. The van der Waals surface area contributed by atoms with Crippen molar-refractivity contribution in [3.63, 3.8) is 0 Å². The van der Waals surface area contributed by atoms with Gasteiger partial charge in [-0.2, -0.15) is 0 Å². The van der Waals surface area contributed by atoms with Crippen LogP contribution in [0.25, 0.3) is 0 Å². The molecule has 8 heteroatoms. The van der Waals surface area contributed by atoms with Gasteiger partial charge < -0.3 is 15.4 Å². The molecule has 2 amide bonds. The number of nitrogens with zero attached hydrogens (tertiary/aromatic N) is 1. The molecule has 2 N–H and O–H groups in total. The molecule has 0 bridgehead atoms. The van der Waals surface area contributed by atoms with Crippen LogP contribution in [-0.2, 0) is 20.7 Å². The van der Waals surface area contributed by atoms with E-state index in [2.05, 4.69) is 15.6 Å². The average molecular weight is 374 g/mol. The van der Waals surface area contributed by atoms with E-state index < -0.39 is 18.0 Å². The summed E-state index contributed by atoms with van der Waals surface area (Å²) in [5.41, 5.74) is 1.88. The van der Waals surface area contributed by atoms with Gasteiger partial charge in [-0.15, -0.1) is 0 Å². The lowest BCUT2D eigenvalue weighted by Gasteiger charge is -2.18. The maximum atomic E-state index is 12.3. The molecule has 0 aliphatic carbocycles. The second-order valence-corrected chi connectivity index (χ2v) is 6.25. The molecule has 7 nitrogen and oxygen atoms in total. The number of hydrogen-bond donors (Lipinski definition) is 2. The van der Waals surface area contributed by atoms with E-state index >= 15 is 0 Å². The van der Waals surface area contributed by atoms with E-state index in [0.29, 0.717) is 34.9 Å². The molecule has 134 valence electrons. The zero-order chi connectivity index (χ0) is 18.7. The lowest BCUT2D eigenvalue weighted by atomic mass is 10.0. The van der Waals surface area contributed by atoms with Crippen LogP contribution in [0.5, 0.6) is 0 Å². The number of rotatable bonds is 4. The third kappa shape index (κ3) is 4.18. The van der Waals surface area contributed by atoms with Crippen molar-refractivity contribution < 1.29 is 19.1 Å². The van der Waals surface area contributed by atoms with Gasteiger partial charge in [-0.1, -0.05) is 11.6 Å². The summed E-state index contributed by atoms with van der Waals surface area (Å²) in [6, 6.07) is 8.02. The number of pyridine rings is 1. The van der Waals surface area contributed by atoms with Crippen molar-refractivity contribution in [1.82, 2.24) is 4.98 Å². The molecule has 0 saturated carbocycles. The van der Waals surface area contributed by atoms with Gasteiger partial charge in [0.05, 0.1) is 10.6 Å². The topological polar surface area (TPSA) is 97.4 Å². The summed E-state index contributed by atoms with van der Waals surface area (Å²) < 4.78 is 5.21. The lowest BCUT2D eigenvalue weighted by Crippen LogP contribution is -2.30. The van der Waals surface area contributed by atoms with Gasteiger partial charge in [0.15, 0.2) is 6.10 Å². The third-order valence-electron chi connectivity index (χ3n) is 3.87. The Morgan fingerprint density at radius 2 is 2.08 bits per heavy atom. The highest BCUT2D eigenvalue weighted by atomic mass is 35.5. The number of halogens is 1. The van der Waals surface area contributed by atoms with E-state index in [1.165, 1.54) is 13.1 Å². The highest BCUT2D eigenvalue weighted by Gasteiger charge is 2.21. The van der Waals surface area contributed by atoms with Crippen molar-refractivity contribution in [2.75, 3.05) is 10.6 Å². The molecule has 0 radical (unpaired) electrons. The van der Waals surface area contributed by atoms with Crippen LogP contribution < -0.4 is 10.6 Å². The molecule has 26 heavy (non-hydrogen) atoms. The van der Waals surface area contributed by atoms with Crippen LogP contribution in [0.15, 0.2) is 36.5 Å². The van der Waals surface area contributed by atoms with E-state index in [1.807, 2.05) is 0 Å². The number of carbonyl (C=O) groups is 3. The van der Waals surface area contributed by atoms with Crippen LogP contribution in [0, 0.1) is 0 Å². The maximum absolute atomic E-state index is 12.3. The molecule has 0 unspecified atom stereocenters. The summed E-state index contributed by atoms with van der Waals surface area (Å²) in [7, 11) is 0. The van der Waals surface area contributed by atoms with Crippen LogP contribution in [0.4, 0.5) is 11.5 Å². The first-order valence-electron chi connectivity index (χ1n) is 7.98. The number of anilines is 2. The lowest BCUT2D eigenvalue weighted by molar-refractivity contribution is -0.123. The zero-order valence-electron chi connectivity index (χ0n) is 13.9. The summed E-state index contributed by atoms with van der Waals surface area (Å²) in [5.74, 6) is -0.851. The van der Waals surface area contributed by atoms with Crippen LogP contribution >= 0.6 is 11.6 Å². The summed E-state index contributed by atoms with van der Waals surface area (Å²) in [6.07, 6.45) is 1.33. The third-order valence-corrected chi connectivity index (χ3v) is 4.09. The van der Waals surface area contributed by atoms with Gasteiger partial charge >= 0.3 is 5.97 Å². The predicted molar refractivity (Wildman–Crippen MR) is 96.1 cm³/mol. The Kier molecular flexibility index (Phi) is 5.18. The SMILES string of the molecule is C[C@H](OC(=O)c1ccc2c(c1)CCC(=O)N2)C(=O)Nc1ccc(Cl)cn1. The van der Waals surface area contributed by atoms with Crippen molar-refractivity contribution in [2.45, 2.75) is 25.9 Å². The Labute approximate surface area is 154 Å². The Morgan fingerprint density at radius 3 is 2.81 bits per heavy atom. The first-order chi connectivity index (χ1) is 12.4. The minimum atomic E-state index is -1.00. The molecule has 3 rings (SSSR count). The Bertz CT molecular complexity index is 867. The molecule has 0 spiro atoms. The number of fused-ring (bicyclic) bond motifs is 1. The quantitative estimate of drug-likeness (QED) is 0.803. The number of carbonyl (C=O) groups excluding carboxylic acids is 3. The summed E-state index contributed by atoms with van der Waals surface area (Å²) >= 11 is 5.74. The summed E-state index contributed by atoms with van der Waals surface area (Å²) in [4.78, 5) is 39.7. The van der Waals surface area contributed by atoms with Crippen molar-refractivity contribution in [3.8, 4) is 0 Å². The molecule has 1 aromatic heterocycles. The fraction of sp³-hybridized carbons (Fsp3) is 0.222. The van der Waals surface area contributed by atoms with Crippen LogP contribution in [-0.4, -0.2) is 28.9 Å². The number of ether oxygens (including phenoxy) is 1. The van der Waals surface area contributed by atoms with Crippen molar-refractivity contribution >= 4 is 40.9 Å². The number of aromatic nitrogens is 1. The monoisotopic (exact) mass is 373 g/mol. The van der Waals surface area contributed by atoms with Crippen molar-refractivity contribution in [3.05, 3.63) is 52.7 Å². The van der Waals surface area contributed by atoms with E-state index in [0.717, 1.165) is 5.56 Å². The molecule has 0 saturated heterocycles. The van der Waals surface area contributed by atoms with Gasteiger partial charge in [-0.25, -0.2) is 9.78 Å². The number of benzene rings is 1. The zero-order valence-corrected chi connectivity index (χ0v) is 14.7. The van der Waals surface area contributed by atoms with Gasteiger partial charge in [0.1, 0.15) is 5.82 Å². The van der Waals surface area contributed by atoms with Gasteiger partial charge in [0.25, 0.3) is 5.91 Å². The number of amides is 2. The molecule has 2 heterocycles. The molecular formula is C18H16ClN3O4. The minimum absolute atomic E-state index is 0.0473. The minimum Gasteiger partial charge on any atom is -0.449 e. The number of esters is 1. The number of nitrogens with one attached hydrogen (secondary N) is 2. The van der Waals surface area contributed by atoms with Crippen LogP contribution in [0.3, 0.4) is 0 Å². The fourth-order valence-corrected chi connectivity index (χ4v) is 2.58. The highest BCUT2D eigenvalue weighted by molar-refractivity contribution is 6.30. The first-order valence-corrected chi connectivity index (χ1v) is 8.36. The van der Waals surface area contributed by atoms with Crippen molar-refractivity contribution in [2.24, 2.45) is 0 Å². The second kappa shape index (κ2) is 7.53. The first kappa shape index (κ1) is 17.9. The Morgan fingerprint density at radius 1 is 1.27 bits per heavy atom. The Hall–Kier alpha value is -2.93. The van der Waals surface area contributed by atoms with Crippen LogP contribution in [0.2, 0.25) is 5.02 Å². The highest BCUT2D eigenvalue weighted by Crippen LogP contribution is 2.24. The molecule has 1 aromatic carbocycles. The number of aryl methyl sites for hydroxylation is 1. The fourth-order valence-electron chi connectivity index (χ4n) is 2.47. The average Bonchev–Trinajstić information content (AvgIpc) is 2.63. The largest absolute Gasteiger partial charge is 0.449 e. The molecule has 0 fully saturated rings. The van der Waals surface area contributed by atoms with E-state index in [4.69, 9.17) is 16.3 Å². The van der Waals surface area contributed by atoms with E-state index in [-0.39, 0.29) is 5.91 Å². The molecule has 1 aliphatic heterocycles. The maximum Gasteiger partial charge on any atom is 0.338 e. The van der Waals surface area contributed by atoms with E-state index in [1.54, 1.807) is 30.3 Å². The van der Waals surface area contributed by atoms with E-state index in [9.17, 15) is 14.4 Å².